The molecule has 3 atom stereocenters. The highest BCUT2D eigenvalue weighted by molar-refractivity contribution is 5.87. The van der Waals surface area contributed by atoms with Crippen molar-refractivity contribution < 1.29 is 24.2 Å². The maximum absolute atomic E-state index is 12.4. The summed E-state index contributed by atoms with van der Waals surface area (Å²) in [6.07, 6.45) is 2.84. The lowest BCUT2D eigenvalue weighted by molar-refractivity contribution is -0.144. The van der Waals surface area contributed by atoms with E-state index >= 15 is 0 Å². The van der Waals surface area contributed by atoms with Crippen molar-refractivity contribution in [3.63, 3.8) is 0 Å². The second-order valence-corrected chi connectivity index (χ2v) is 9.32. The maximum atomic E-state index is 12.4. The highest BCUT2D eigenvalue weighted by Gasteiger charge is 2.45. The van der Waals surface area contributed by atoms with Gasteiger partial charge in [0.15, 0.2) is 0 Å². The molecule has 2 aromatic carbocycles. The van der Waals surface area contributed by atoms with Crippen molar-refractivity contribution in [1.82, 2.24) is 10.6 Å². The van der Waals surface area contributed by atoms with E-state index in [4.69, 9.17) is 4.74 Å². The van der Waals surface area contributed by atoms with E-state index in [1.165, 1.54) is 11.1 Å². The first-order chi connectivity index (χ1) is 16.0. The number of alkyl carbamates (subject to hydrolysis) is 1. The van der Waals surface area contributed by atoms with Gasteiger partial charge in [-0.05, 0) is 53.4 Å². The van der Waals surface area contributed by atoms with Gasteiger partial charge in [-0.3, -0.25) is 4.79 Å². The number of benzene rings is 2. The van der Waals surface area contributed by atoms with Crippen LogP contribution in [-0.2, 0) is 14.3 Å². The molecule has 2 aromatic rings. The number of carbonyl (C=O) groups is 3. The van der Waals surface area contributed by atoms with Crippen LogP contribution in [0.3, 0.4) is 0 Å². The molecule has 0 spiro atoms. The number of fused-ring (bicyclic) bond motifs is 3. The SMILES string of the molecule is O=C(NCC1CC1C(=O)NC(C(=O)O)C1CCC1)OCC1c2ccccc2-c2ccccc21. The average molecular weight is 449 g/mol. The van der Waals surface area contributed by atoms with Crippen molar-refractivity contribution >= 4 is 18.0 Å². The Balaban J connectivity index is 1.09. The number of hydrogen-bond donors (Lipinski definition) is 3. The molecule has 2 fully saturated rings. The number of amides is 2. The highest BCUT2D eigenvalue weighted by Crippen LogP contribution is 2.44. The molecule has 2 saturated carbocycles. The molecule has 0 aromatic heterocycles. The smallest absolute Gasteiger partial charge is 0.407 e. The van der Waals surface area contributed by atoms with Gasteiger partial charge in [0.05, 0.1) is 0 Å². The van der Waals surface area contributed by atoms with Crippen molar-refractivity contribution in [3.8, 4) is 11.1 Å². The van der Waals surface area contributed by atoms with Gasteiger partial charge in [0, 0.05) is 18.4 Å². The molecule has 7 heteroatoms. The van der Waals surface area contributed by atoms with E-state index in [1.54, 1.807) is 0 Å². The zero-order valence-electron chi connectivity index (χ0n) is 18.3. The van der Waals surface area contributed by atoms with Crippen molar-refractivity contribution in [1.29, 1.82) is 0 Å². The number of carboxylic acid groups (broad SMARTS) is 1. The number of carbonyl (C=O) groups excluding carboxylic acids is 2. The molecule has 172 valence electrons. The average Bonchev–Trinajstić information content (AvgIpc) is 3.50. The van der Waals surface area contributed by atoms with Crippen LogP contribution in [0.5, 0.6) is 0 Å². The largest absolute Gasteiger partial charge is 0.480 e. The number of aliphatic carboxylic acids is 1. The van der Waals surface area contributed by atoms with E-state index in [1.807, 2.05) is 24.3 Å². The van der Waals surface area contributed by atoms with Gasteiger partial charge in [-0.1, -0.05) is 55.0 Å². The van der Waals surface area contributed by atoms with Gasteiger partial charge in [0.25, 0.3) is 0 Å². The van der Waals surface area contributed by atoms with Crippen LogP contribution < -0.4 is 10.6 Å². The molecule has 33 heavy (non-hydrogen) atoms. The number of hydrogen-bond acceptors (Lipinski definition) is 4. The van der Waals surface area contributed by atoms with Gasteiger partial charge in [-0.15, -0.1) is 0 Å². The Labute approximate surface area is 192 Å². The van der Waals surface area contributed by atoms with E-state index in [9.17, 15) is 19.5 Å². The van der Waals surface area contributed by atoms with Crippen molar-refractivity contribution in [2.24, 2.45) is 17.8 Å². The second-order valence-electron chi connectivity index (χ2n) is 9.32. The minimum Gasteiger partial charge on any atom is -0.480 e. The van der Waals surface area contributed by atoms with Crippen LogP contribution in [0.4, 0.5) is 4.79 Å². The van der Waals surface area contributed by atoms with E-state index in [-0.39, 0.29) is 36.2 Å². The van der Waals surface area contributed by atoms with E-state index in [0.29, 0.717) is 13.0 Å². The Morgan fingerprint density at radius 1 is 1.00 bits per heavy atom. The molecule has 0 bridgehead atoms. The lowest BCUT2D eigenvalue weighted by Gasteiger charge is -2.31. The first kappa shape index (κ1) is 21.5. The van der Waals surface area contributed by atoms with Gasteiger partial charge in [-0.25, -0.2) is 9.59 Å². The Bertz CT molecular complexity index is 1030. The normalized spacial score (nSPS) is 21.8. The Morgan fingerprint density at radius 2 is 1.64 bits per heavy atom. The quantitative estimate of drug-likeness (QED) is 0.573. The molecule has 0 heterocycles. The predicted molar refractivity (Wildman–Crippen MR) is 122 cm³/mol. The maximum Gasteiger partial charge on any atom is 0.407 e. The molecular weight excluding hydrogens is 420 g/mol. The summed E-state index contributed by atoms with van der Waals surface area (Å²) in [5, 5.41) is 14.8. The lowest BCUT2D eigenvalue weighted by Crippen LogP contribution is -2.48. The van der Waals surface area contributed by atoms with Crippen LogP contribution in [0.15, 0.2) is 48.5 Å². The van der Waals surface area contributed by atoms with Gasteiger partial charge in [0.2, 0.25) is 5.91 Å². The fourth-order valence-electron chi connectivity index (χ4n) is 5.07. The van der Waals surface area contributed by atoms with Gasteiger partial charge in [-0.2, -0.15) is 0 Å². The van der Waals surface area contributed by atoms with Crippen LogP contribution in [0.2, 0.25) is 0 Å². The highest BCUT2D eigenvalue weighted by atomic mass is 16.5. The van der Waals surface area contributed by atoms with Gasteiger partial charge >= 0.3 is 12.1 Å². The third-order valence-electron chi connectivity index (χ3n) is 7.30. The molecule has 0 radical (unpaired) electrons. The molecule has 7 nitrogen and oxygen atoms in total. The summed E-state index contributed by atoms with van der Waals surface area (Å²) in [5.41, 5.74) is 4.67. The predicted octanol–water partition coefficient (Wildman–Crippen LogP) is 3.53. The zero-order valence-corrected chi connectivity index (χ0v) is 18.3. The summed E-state index contributed by atoms with van der Waals surface area (Å²) in [5.74, 6) is -1.40. The van der Waals surface area contributed by atoms with Crippen LogP contribution in [0.1, 0.15) is 42.7 Å². The summed E-state index contributed by atoms with van der Waals surface area (Å²) < 4.78 is 5.53. The van der Waals surface area contributed by atoms with E-state index in [0.717, 1.165) is 30.4 Å². The van der Waals surface area contributed by atoms with Crippen molar-refractivity contribution in [3.05, 3.63) is 59.7 Å². The van der Waals surface area contributed by atoms with E-state index < -0.39 is 18.1 Å². The molecule has 3 aliphatic carbocycles. The molecule has 0 saturated heterocycles. The molecule has 2 amide bonds. The Kier molecular flexibility index (Phi) is 5.79. The van der Waals surface area contributed by atoms with Crippen LogP contribution in [0.25, 0.3) is 11.1 Å². The van der Waals surface area contributed by atoms with Crippen molar-refractivity contribution in [2.75, 3.05) is 13.2 Å². The Morgan fingerprint density at radius 3 is 2.21 bits per heavy atom. The fourth-order valence-corrected chi connectivity index (χ4v) is 5.07. The van der Waals surface area contributed by atoms with Crippen molar-refractivity contribution in [2.45, 2.75) is 37.6 Å². The third kappa shape index (κ3) is 4.32. The first-order valence-corrected chi connectivity index (χ1v) is 11.6. The summed E-state index contributed by atoms with van der Waals surface area (Å²) in [6.45, 7) is 0.589. The minimum atomic E-state index is -0.970. The minimum absolute atomic E-state index is 0.00191. The summed E-state index contributed by atoms with van der Waals surface area (Å²) in [6, 6.07) is 15.5. The number of nitrogens with one attached hydrogen (secondary N) is 2. The summed E-state index contributed by atoms with van der Waals surface area (Å²) in [4.78, 5) is 36.2. The van der Waals surface area contributed by atoms with Gasteiger partial charge < -0.3 is 20.5 Å². The van der Waals surface area contributed by atoms with E-state index in [2.05, 4.69) is 34.9 Å². The first-order valence-electron chi connectivity index (χ1n) is 11.6. The molecule has 3 N–H and O–H groups in total. The van der Waals surface area contributed by atoms with Crippen LogP contribution in [-0.4, -0.2) is 42.3 Å². The van der Waals surface area contributed by atoms with Crippen LogP contribution >= 0.6 is 0 Å². The molecule has 3 aliphatic rings. The zero-order chi connectivity index (χ0) is 22.9. The number of ether oxygens (including phenoxy) is 1. The topological polar surface area (TPSA) is 105 Å². The molecule has 5 rings (SSSR count). The molecular formula is C26H28N2O5. The summed E-state index contributed by atoms with van der Waals surface area (Å²) in [7, 11) is 0. The Hall–Kier alpha value is -3.35. The summed E-state index contributed by atoms with van der Waals surface area (Å²) >= 11 is 0. The fraction of sp³-hybridized carbons (Fsp3) is 0.423. The lowest BCUT2D eigenvalue weighted by atomic mass is 9.79. The molecule has 3 unspecified atom stereocenters. The third-order valence-corrected chi connectivity index (χ3v) is 7.30. The monoisotopic (exact) mass is 448 g/mol. The van der Waals surface area contributed by atoms with Gasteiger partial charge in [0.1, 0.15) is 12.6 Å². The number of rotatable bonds is 8. The molecule has 0 aliphatic heterocycles. The number of carboxylic acids is 1. The standard InChI is InChI=1S/C26H28N2O5/c29-24(28-23(25(30)31)15-6-5-7-15)21-12-16(21)13-27-26(32)33-14-22-19-10-3-1-8-17(19)18-9-2-4-11-20(18)22/h1-4,8-11,15-16,21-23H,5-7,12-14H2,(H,27,32)(H,28,29)(H,30,31). The van der Waals surface area contributed by atoms with Crippen LogP contribution in [0, 0.1) is 17.8 Å². The second kappa shape index (κ2) is 8.89.